The van der Waals surface area contributed by atoms with Crippen LogP contribution >= 0.6 is 23.2 Å². The number of hydrogen-bond acceptors (Lipinski definition) is 6. The van der Waals surface area contributed by atoms with Gasteiger partial charge >= 0.3 is 6.18 Å². The van der Waals surface area contributed by atoms with Crippen LogP contribution in [0.15, 0.2) is 30.5 Å². The zero-order valence-electron chi connectivity index (χ0n) is 17.6. The SMILES string of the molecule is CC1(NC(=O)c2cc3ccc(Oc4ncc(F)cc4OCC(F)(F)F)c(Cl)n3c2Cl)CS(=O)(=O)C1. The number of hydrogen-bond donors (Lipinski definition) is 1. The minimum Gasteiger partial charge on any atom is -0.478 e. The Morgan fingerprint density at radius 1 is 1.20 bits per heavy atom. The Morgan fingerprint density at radius 2 is 1.89 bits per heavy atom. The molecule has 0 saturated carbocycles. The number of carbonyl (C=O) groups excluding carboxylic acids is 1. The Morgan fingerprint density at radius 3 is 2.51 bits per heavy atom. The summed E-state index contributed by atoms with van der Waals surface area (Å²) in [4.78, 5) is 16.4. The smallest absolute Gasteiger partial charge is 0.422 e. The van der Waals surface area contributed by atoms with Gasteiger partial charge in [0.25, 0.3) is 11.8 Å². The zero-order chi connectivity index (χ0) is 25.8. The van der Waals surface area contributed by atoms with E-state index in [9.17, 15) is 30.8 Å². The Hall–Kier alpha value is -2.77. The van der Waals surface area contributed by atoms with Gasteiger partial charge in [0.15, 0.2) is 33.1 Å². The summed E-state index contributed by atoms with van der Waals surface area (Å²) in [6.45, 7) is -0.119. The molecule has 0 aromatic carbocycles. The van der Waals surface area contributed by atoms with Crippen LogP contribution in [0.3, 0.4) is 0 Å². The first kappa shape index (κ1) is 25.3. The van der Waals surface area contributed by atoms with Gasteiger partial charge in [0.1, 0.15) is 11.0 Å². The fourth-order valence-corrected chi connectivity index (χ4v) is 6.25. The van der Waals surface area contributed by atoms with Crippen LogP contribution in [-0.2, 0) is 9.84 Å². The molecule has 1 saturated heterocycles. The van der Waals surface area contributed by atoms with E-state index in [1.54, 1.807) is 6.92 Å². The van der Waals surface area contributed by atoms with Crippen LogP contribution in [0.4, 0.5) is 17.6 Å². The maximum absolute atomic E-state index is 13.5. The number of carbonyl (C=O) groups is 1. The lowest BCUT2D eigenvalue weighted by Crippen LogP contribution is -2.63. The summed E-state index contributed by atoms with van der Waals surface area (Å²) in [5, 5.41) is 2.34. The Balaban J connectivity index is 1.63. The van der Waals surface area contributed by atoms with Gasteiger partial charge in [0, 0.05) is 11.6 Å². The van der Waals surface area contributed by atoms with Gasteiger partial charge in [-0.05, 0) is 25.1 Å². The first-order valence-corrected chi connectivity index (χ1v) is 12.3. The van der Waals surface area contributed by atoms with E-state index in [0.29, 0.717) is 17.8 Å². The molecule has 8 nitrogen and oxygen atoms in total. The highest BCUT2D eigenvalue weighted by atomic mass is 35.5. The molecule has 0 bridgehead atoms. The van der Waals surface area contributed by atoms with Gasteiger partial charge in [-0.25, -0.2) is 17.8 Å². The van der Waals surface area contributed by atoms with Gasteiger partial charge in [-0.15, -0.1) is 0 Å². The summed E-state index contributed by atoms with van der Waals surface area (Å²) in [7, 11) is -3.21. The highest BCUT2D eigenvalue weighted by Crippen LogP contribution is 2.37. The minimum atomic E-state index is -4.68. The molecule has 3 aromatic rings. The maximum atomic E-state index is 13.5. The van der Waals surface area contributed by atoms with Crippen molar-refractivity contribution in [2.75, 3.05) is 18.1 Å². The molecule has 4 heterocycles. The highest BCUT2D eigenvalue weighted by molar-refractivity contribution is 7.93. The van der Waals surface area contributed by atoms with Crippen LogP contribution < -0.4 is 14.8 Å². The molecule has 0 atom stereocenters. The van der Waals surface area contributed by atoms with E-state index >= 15 is 0 Å². The third-order valence-corrected chi connectivity index (χ3v) is 7.78. The predicted molar refractivity (Wildman–Crippen MR) is 118 cm³/mol. The number of amides is 1. The van der Waals surface area contributed by atoms with Crippen molar-refractivity contribution in [3.8, 4) is 17.4 Å². The summed E-state index contributed by atoms with van der Waals surface area (Å²) >= 11 is 12.7. The van der Waals surface area contributed by atoms with Crippen molar-refractivity contribution in [1.82, 2.24) is 14.7 Å². The van der Waals surface area contributed by atoms with Crippen LogP contribution in [-0.4, -0.2) is 53.5 Å². The van der Waals surface area contributed by atoms with Gasteiger partial charge in [-0.3, -0.25) is 9.20 Å². The first-order chi connectivity index (χ1) is 16.2. The van der Waals surface area contributed by atoms with Crippen molar-refractivity contribution in [2.24, 2.45) is 0 Å². The second-order valence-corrected chi connectivity index (χ2v) is 10.9. The van der Waals surface area contributed by atoms with Crippen molar-refractivity contribution in [3.63, 3.8) is 0 Å². The van der Waals surface area contributed by atoms with Crippen LogP contribution in [0, 0.1) is 5.82 Å². The first-order valence-electron chi connectivity index (χ1n) is 9.72. The van der Waals surface area contributed by atoms with Gasteiger partial charge in [-0.1, -0.05) is 23.2 Å². The fourth-order valence-electron chi connectivity index (χ4n) is 3.60. The van der Waals surface area contributed by atoms with E-state index in [-0.39, 0.29) is 33.1 Å². The number of aromatic nitrogens is 2. The van der Waals surface area contributed by atoms with E-state index < -0.39 is 51.5 Å². The van der Waals surface area contributed by atoms with Crippen LogP contribution in [0.5, 0.6) is 17.4 Å². The largest absolute Gasteiger partial charge is 0.478 e. The third-order valence-electron chi connectivity index (χ3n) is 4.89. The lowest BCUT2D eigenvalue weighted by atomic mass is 10.1. The molecule has 4 rings (SSSR count). The van der Waals surface area contributed by atoms with Gasteiger partial charge in [-0.2, -0.15) is 13.2 Å². The van der Waals surface area contributed by atoms with Crippen molar-refractivity contribution < 1.29 is 40.2 Å². The number of fused-ring (bicyclic) bond motifs is 1. The predicted octanol–water partition coefficient (Wildman–Crippen LogP) is 4.43. The second-order valence-electron chi connectivity index (χ2n) is 8.11. The molecule has 3 aromatic heterocycles. The van der Waals surface area contributed by atoms with E-state index in [2.05, 4.69) is 15.0 Å². The molecular formula is C20H15Cl2F4N3O5S. The highest BCUT2D eigenvalue weighted by Gasteiger charge is 2.46. The summed E-state index contributed by atoms with van der Waals surface area (Å²) in [6.07, 6.45) is -3.97. The van der Waals surface area contributed by atoms with Crippen molar-refractivity contribution >= 4 is 44.5 Å². The molecule has 0 unspecified atom stereocenters. The Kier molecular flexibility index (Phi) is 6.31. The van der Waals surface area contributed by atoms with Crippen LogP contribution in [0.25, 0.3) is 5.52 Å². The molecule has 1 amide bonds. The van der Waals surface area contributed by atoms with Crippen molar-refractivity contribution in [1.29, 1.82) is 0 Å². The van der Waals surface area contributed by atoms with E-state index in [0.717, 1.165) is 0 Å². The molecule has 0 spiro atoms. The Bertz CT molecular complexity index is 1430. The average Bonchev–Trinajstić information content (AvgIpc) is 3.05. The maximum Gasteiger partial charge on any atom is 0.422 e. The van der Waals surface area contributed by atoms with E-state index in [1.807, 2.05) is 0 Å². The van der Waals surface area contributed by atoms with Crippen LogP contribution in [0.1, 0.15) is 17.3 Å². The lowest BCUT2D eigenvalue weighted by molar-refractivity contribution is -0.153. The van der Waals surface area contributed by atoms with Crippen LogP contribution in [0.2, 0.25) is 10.3 Å². The fraction of sp³-hybridized carbons (Fsp3) is 0.300. The van der Waals surface area contributed by atoms with Gasteiger partial charge in [0.05, 0.1) is 28.8 Å². The Labute approximate surface area is 205 Å². The molecule has 1 aliphatic heterocycles. The van der Waals surface area contributed by atoms with E-state index in [4.69, 9.17) is 27.9 Å². The number of halogens is 6. The topological polar surface area (TPSA) is 99.0 Å². The lowest BCUT2D eigenvalue weighted by Gasteiger charge is -2.38. The number of rotatable bonds is 6. The summed E-state index contributed by atoms with van der Waals surface area (Å²) in [6, 6.07) is 4.89. The molecule has 1 fully saturated rings. The molecule has 35 heavy (non-hydrogen) atoms. The normalized spacial score (nSPS) is 16.5. The minimum absolute atomic E-state index is 0.00495. The molecule has 15 heteroatoms. The molecule has 1 N–H and O–H groups in total. The summed E-state index contributed by atoms with van der Waals surface area (Å²) in [5.41, 5.74) is -0.568. The number of alkyl halides is 3. The third kappa shape index (κ3) is 5.41. The zero-order valence-corrected chi connectivity index (χ0v) is 19.9. The molecule has 188 valence electrons. The van der Waals surface area contributed by atoms with Gasteiger partial charge < -0.3 is 14.8 Å². The van der Waals surface area contributed by atoms with Crippen molar-refractivity contribution in [2.45, 2.75) is 18.6 Å². The number of nitrogens with zero attached hydrogens (tertiary/aromatic N) is 2. The molecule has 0 radical (unpaired) electrons. The van der Waals surface area contributed by atoms with E-state index in [1.165, 1.54) is 22.6 Å². The standard InChI is InChI=1S/C20H15Cl2F4N3O5S/c1-19(8-35(31,32)9-19)28-17(30)12-5-11-2-3-13(16(22)29(11)15(12)21)34-18-14(4-10(23)6-27-18)33-7-20(24,25)26/h2-6H,7-9H2,1H3,(H,28,30). The molecular weight excluding hydrogens is 541 g/mol. The molecule has 0 aliphatic carbocycles. The number of pyridine rings is 2. The quantitative estimate of drug-likeness (QED) is 0.357. The molecule has 1 aliphatic rings. The number of ether oxygens (including phenoxy) is 2. The summed E-state index contributed by atoms with van der Waals surface area (Å²) < 4.78 is 85.4. The van der Waals surface area contributed by atoms with Gasteiger partial charge in [0.2, 0.25) is 0 Å². The average molecular weight is 556 g/mol. The second kappa shape index (κ2) is 8.71. The summed E-state index contributed by atoms with van der Waals surface area (Å²) in [5.74, 6) is -3.22. The van der Waals surface area contributed by atoms with Crippen molar-refractivity contribution in [3.05, 3.63) is 52.1 Å². The number of sulfone groups is 1. The monoisotopic (exact) mass is 555 g/mol. The number of nitrogens with one attached hydrogen (secondary N) is 1.